The summed E-state index contributed by atoms with van der Waals surface area (Å²) in [5, 5.41) is 5.63. The number of ketones is 1. The molecule has 1 aliphatic rings. The molecule has 1 atom stereocenters. The van der Waals surface area contributed by atoms with Crippen LogP contribution in [0.15, 0.2) is 65.8 Å². The molecule has 0 spiro atoms. The van der Waals surface area contributed by atoms with Crippen LogP contribution in [0.2, 0.25) is 0 Å². The number of carbonyl (C=O) groups excluding carboxylic acids is 1. The lowest BCUT2D eigenvalue weighted by Gasteiger charge is -2.25. The normalized spacial score (nSPS) is 15.0. The summed E-state index contributed by atoms with van der Waals surface area (Å²) in [6.07, 6.45) is 0.575. The van der Waals surface area contributed by atoms with Crippen molar-refractivity contribution in [2.24, 2.45) is 5.10 Å². The first-order valence-corrected chi connectivity index (χ1v) is 7.12. The van der Waals surface area contributed by atoms with E-state index in [0.717, 1.165) is 0 Å². The van der Waals surface area contributed by atoms with Crippen LogP contribution in [0.5, 0.6) is 5.75 Å². The fourth-order valence-corrected chi connectivity index (χ4v) is 2.24. The van der Waals surface area contributed by atoms with E-state index < -0.39 is 6.23 Å². The maximum absolute atomic E-state index is 12.7. The Morgan fingerprint density at radius 2 is 1.73 bits per heavy atom. The van der Waals surface area contributed by atoms with Crippen LogP contribution in [-0.2, 0) is 0 Å². The lowest BCUT2D eigenvalue weighted by Crippen LogP contribution is -2.42. The van der Waals surface area contributed by atoms with Gasteiger partial charge in [-0.2, -0.15) is 5.10 Å². The molecule has 0 N–H and O–H groups in total. The number of hydrazone groups is 1. The zero-order valence-corrected chi connectivity index (χ0v) is 12.4. The maximum Gasteiger partial charge on any atom is 0.252 e. The van der Waals surface area contributed by atoms with Crippen molar-refractivity contribution in [3.63, 3.8) is 0 Å². The van der Waals surface area contributed by atoms with Crippen LogP contribution in [0.4, 0.5) is 0 Å². The Bertz CT molecular complexity index is 664. The molecule has 22 heavy (non-hydrogen) atoms. The van der Waals surface area contributed by atoms with E-state index in [4.69, 9.17) is 16.5 Å². The monoisotopic (exact) mass is 315 g/mol. The van der Waals surface area contributed by atoms with Crippen molar-refractivity contribution in [2.75, 3.05) is 6.67 Å². The maximum atomic E-state index is 12.7. The van der Waals surface area contributed by atoms with Gasteiger partial charge in [0.2, 0.25) is 5.78 Å². The Morgan fingerprint density at radius 3 is 2.32 bits per heavy atom. The van der Waals surface area contributed by atoms with E-state index >= 15 is 0 Å². The van der Waals surface area contributed by atoms with Gasteiger partial charge in [-0.25, -0.2) is 5.01 Å². The van der Waals surface area contributed by atoms with E-state index in [0.29, 0.717) is 11.3 Å². The second kappa shape index (κ2) is 6.49. The molecule has 2 aromatic rings. The van der Waals surface area contributed by atoms with Crippen molar-refractivity contribution in [1.82, 2.24) is 9.43 Å². The molecule has 0 saturated carbocycles. The van der Waals surface area contributed by atoms with Gasteiger partial charge in [0.15, 0.2) is 0 Å². The molecule has 0 saturated heterocycles. The van der Waals surface area contributed by atoms with Gasteiger partial charge >= 0.3 is 0 Å². The van der Waals surface area contributed by atoms with Crippen molar-refractivity contribution in [3.05, 3.63) is 66.2 Å². The summed E-state index contributed by atoms with van der Waals surface area (Å²) in [7, 11) is 0. The Labute approximate surface area is 133 Å². The molecular formula is C16H14ClN3O2. The van der Waals surface area contributed by atoms with Crippen molar-refractivity contribution >= 4 is 23.9 Å². The molecular weight excluding hydrogens is 302 g/mol. The minimum absolute atomic E-state index is 0.173. The topological polar surface area (TPSA) is 45.1 Å². The average molecular weight is 316 g/mol. The third-order valence-electron chi connectivity index (χ3n) is 3.15. The highest BCUT2D eigenvalue weighted by Gasteiger charge is 2.31. The van der Waals surface area contributed by atoms with E-state index in [2.05, 4.69) is 5.10 Å². The second-order valence-corrected chi connectivity index (χ2v) is 5.16. The molecule has 0 radical (unpaired) electrons. The number of para-hydroxylation sites is 1. The van der Waals surface area contributed by atoms with Gasteiger partial charge in [0.1, 0.15) is 18.8 Å². The molecule has 1 unspecified atom stereocenters. The van der Waals surface area contributed by atoms with Crippen LogP contribution in [0.3, 0.4) is 0 Å². The summed E-state index contributed by atoms with van der Waals surface area (Å²) >= 11 is 5.88. The molecule has 0 fully saturated rings. The van der Waals surface area contributed by atoms with E-state index in [1.54, 1.807) is 24.3 Å². The second-order valence-electron chi connectivity index (χ2n) is 4.73. The first kappa shape index (κ1) is 14.4. The number of nitrogens with zero attached hydrogens (tertiary/aromatic N) is 3. The first-order valence-electron chi connectivity index (χ1n) is 6.78. The third kappa shape index (κ3) is 3.20. The van der Waals surface area contributed by atoms with Gasteiger partial charge in [-0.05, 0) is 12.1 Å². The SMILES string of the molecule is O=C(c1ccccc1)C(Oc1ccccc1)N1CN(Cl)C=N1. The number of halogens is 1. The summed E-state index contributed by atoms with van der Waals surface area (Å²) in [6, 6.07) is 18.2. The number of ether oxygens (including phenoxy) is 1. The summed E-state index contributed by atoms with van der Waals surface area (Å²) in [5.74, 6) is 0.425. The van der Waals surface area contributed by atoms with Gasteiger partial charge in [0, 0.05) is 17.3 Å². The fraction of sp³-hybridized carbons (Fsp3) is 0.125. The van der Waals surface area contributed by atoms with E-state index in [-0.39, 0.29) is 12.5 Å². The number of carbonyl (C=O) groups is 1. The molecule has 1 heterocycles. The van der Waals surface area contributed by atoms with E-state index in [1.807, 2.05) is 36.4 Å². The zero-order chi connectivity index (χ0) is 15.4. The molecule has 3 rings (SSSR count). The van der Waals surface area contributed by atoms with Crippen molar-refractivity contribution < 1.29 is 9.53 Å². The highest BCUT2D eigenvalue weighted by molar-refractivity contribution is 6.19. The molecule has 5 nitrogen and oxygen atoms in total. The average Bonchev–Trinajstić information content (AvgIpc) is 3.00. The van der Waals surface area contributed by atoms with Crippen molar-refractivity contribution in [3.8, 4) is 5.75 Å². The lowest BCUT2D eigenvalue weighted by molar-refractivity contribution is 0.0246. The van der Waals surface area contributed by atoms with Crippen molar-refractivity contribution in [2.45, 2.75) is 6.23 Å². The van der Waals surface area contributed by atoms with E-state index in [9.17, 15) is 4.79 Å². The van der Waals surface area contributed by atoms with Crippen LogP contribution in [0.25, 0.3) is 0 Å². The number of hydrogen-bond acceptors (Lipinski definition) is 5. The van der Waals surface area contributed by atoms with Gasteiger partial charge in [0.25, 0.3) is 6.23 Å². The number of rotatable bonds is 5. The highest BCUT2D eigenvalue weighted by atomic mass is 35.5. The Hall–Kier alpha value is -2.53. The number of hydrogen-bond donors (Lipinski definition) is 0. The largest absolute Gasteiger partial charge is 0.461 e. The molecule has 2 aromatic carbocycles. The third-order valence-corrected chi connectivity index (χ3v) is 3.34. The van der Waals surface area contributed by atoms with Gasteiger partial charge < -0.3 is 4.74 Å². The molecule has 112 valence electrons. The van der Waals surface area contributed by atoms with E-state index in [1.165, 1.54) is 15.8 Å². The molecule has 1 aliphatic heterocycles. The van der Waals surface area contributed by atoms with Crippen LogP contribution >= 0.6 is 11.8 Å². The van der Waals surface area contributed by atoms with Crippen molar-refractivity contribution in [1.29, 1.82) is 0 Å². The summed E-state index contributed by atoms with van der Waals surface area (Å²) in [5.41, 5.74) is 0.562. The minimum Gasteiger partial charge on any atom is -0.461 e. The predicted molar refractivity (Wildman–Crippen MR) is 84.5 cm³/mol. The smallest absolute Gasteiger partial charge is 0.252 e. The van der Waals surface area contributed by atoms with Crippen LogP contribution < -0.4 is 4.74 Å². The predicted octanol–water partition coefficient (Wildman–Crippen LogP) is 2.95. The zero-order valence-electron chi connectivity index (χ0n) is 11.7. The quantitative estimate of drug-likeness (QED) is 0.628. The summed E-state index contributed by atoms with van der Waals surface area (Å²) in [6.45, 7) is 0.275. The minimum atomic E-state index is -0.871. The van der Waals surface area contributed by atoms with Gasteiger partial charge in [-0.3, -0.25) is 9.21 Å². The molecule has 0 amide bonds. The highest BCUT2D eigenvalue weighted by Crippen LogP contribution is 2.19. The van der Waals surface area contributed by atoms with Crippen LogP contribution in [0, 0.1) is 0 Å². The standard InChI is InChI=1S/C16H14ClN3O2/c17-19-11-18-20(12-19)16(22-14-9-5-2-6-10-14)15(21)13-7-3-1-4-8-13/h1-11,16H,12H2. The number of Topliss-reactive ketones (excluding diaryl/α,β-unsaturated/α-hetero) is 1. The van der Waals surface area contributed by atoms with Crippen LogP contribution in [0.1, 0.15) is 10.4 Å². The first-order chi connectivity index (χ1) is 10.7. The Morgan fingerprint density at radius 1 is 1.09 bits per heavy atom. The molecule has 0 aliphatic carbocycles. The molecule has 0 aromatic heterocycles. The summed E-state index contributed by atoms with van der Waals surface area (Å²) in [4.78, 5) is 12.7. The number of benzene rings is 2. The summed E-state index contributed by atoms with van der Waals surface area (Å²) < 4.78 is 7.20. The fourth-order valence-electron chi connectivity index (χ4n) is 2.09. The lowest BCUT2D eigenvalue weighted by atomic mass is 10.1. The molecule has 0 bridgehead atoms. The Kier molecular flexibility index (Phi) is 4.25. The van der Waals surface area contributed by atoms with Crippen LogP contribution in [-0.4, -0.2) is 34.4 Å². The Balaban J connectivity index is 1.86. The van der Waals surface area contributed by atoms with Gasteiger partial charge in [-0.1, -0.05) is 48.5 Å². The van der Waals surface area contributed by atoms with Gasteiger partial charge in [-0.15, -0.1) is 0 Å². The molecule has 6 heteroatoms. The van der Waals surface area contributed by atoms with Gasteiger partial charge in [0.05, 0.1) is 0 Å².